The van der Waals surface area contributed by atoms with Crippen molar-refractivity contribution in [3.05, 3.63) is 23.8 Å². The van der Waals surface area contributed by atoms with Gasteiger partial charge in [0.25, 0.3) is 0 Å². The standard InChI is InChI=1S/C15H21N3O3/c1-3-21-15(19)12-6-4-7-13(17)14(12)18(9-5-8-16)10-11-20-2/h4,6-7H,3,5,9-11,17H2,1-2H3. The third-order valence-electron chi connectivity index (χ3n) is 2.94. The van der Waals surface area contributed by atoms with E-state index < -0.39 is 5.97 Å². The number of nitrogens with zero attached hydrogens (tertiary/aromatic N) is 2. The largest absolute Gasteiger partial charge is 0.462 e. The zero-order valence-corrected chi connectivity index (χ0v) is 12.5. The molecule has 6 nitrogen and oxygen atoms in total. The van der Waals surface area contributed by atoms with Crippen LogP contribution in [0.2, 0.25) is 0 Å². The Morgan fingerprint density at radius 3 is 2.81 bits per heavy atom. The Morgan fingerprint density at radius 1 is 1.43 bits per heavy atom. The Hall–Kier alpha value is -2.26. The summed E-state index contributed by atoms with van der Waals surface area (Å²) in [4.78, 5) is 14.0. The number of anilines is 2. The van der Waals surface area contributed by atoms with Crippen LogP contribution in [-0.4, -0.2) is 39.4 Å². The van der Waals surface area contributed by atoms with Crippen LogP contribution in [0.3, 0.4) is 0 Å². The topological polar surface area (TPSA) is 88.6 Å². The average Bonchev–Trinajstić information content (AvgIpc) is 2.48. The van der Waals surface area contributed by atoms with E-state index >= 15 is 0 Å². The number of nitrogen functional groups attached to an aromatic ring is 1. The first kappa shape index (κ1) is 16.8. The van der Waals surface area contributed by atoms with E-state index in [1.54, 1.807) is 32.2 Å². The van der Waals surface area contributed by atoms with Gasteiger partial charge in [-0.05, 0) is 19.1 Å². The van der Waals surface area contributed by atoms with Crippen molar-refractivity contribution in [2.24, 2.45) is 0 Å². The number of ether oxygens (including phenoxy) is 2. The highest BCUT2D eigenvalue weighted by atomic mass is 16.5. The summed E-state index contributed by atoms with van der Waals surface area (Å²) in [6, 6.07) is 7.21. The minimum absolute atomic E-state index is 0.295. The molecule has 0 amide bonds. The molecule has 0 saturated carbocycles. The number of hydrogen-bond acceptors (Lipinski definition) is 6. The maximum atomic E-state index is 12.1. The molecule has 1 aromatic rings. The van der Waals surface area contributed by atoms with Crippen molar-refractivity contribution in [1.82, 2.24) is 0 Å². The molecule has 0 aromatic heterocycles. The van der Waals surface area contributed by atoms with Gasteiger partial charge < -0.3 is 20.1 Å². The van der Waals surface area contributed by atoms with Crippen LogP contribution < -0.4 is 10.6 Å². The van der Waals surface area contributed by atoms with E-state index in [0.717, 1.165) is 0 Å². The first-order valence-corrected chi connectivity index (χ1v) is 6.82. The van der Waals surface area contributed by atoms with Gasteiger partial charge in [0.1, 0.15) is 0 Å². The van der Waals surface area contributed by atoms with Crippen molar-refractivity contribution in [2.45, 2.75) is 13.3 Å². The molecule has 0 atom stereocenters. The number of nitrogens with two attached hydrogens (primary N) is 1. The van der Waals surface area contributed by atoms with E-state index in [2.05, 4.69) is 6.07 Å². The van der Waals surface area contributed by atoms with Crippen LogP contribution in [0.4, 0.5) is 11.4 Å². The molecule has 114 valence electrons. The molecule has 0 fully saturated rings. The highest BCUT2D eigenvalue weighted by Crippen LogP contribution is 2.28. The van der Waals surface area contributed by atoms with E-state index in [4.69, 9.17) is 20.5 Å². The van der Waals surface area contributed by atoms with Gasteiger partial charge in [-0.3, -0.25) is 0 Å². The molecule has 0 radical (unpaired) electrons. The number of rotatable bonds is 8. The minimum Gasteiger partial charge on any atom is -0.462 e. The fourth-order valence-corrected chi connectivity index (χ4v) is 2.01. The number of benzene rings is 1. The summed E-state index contributed by atoms with van der Waals surface area (Å²) in [6.07, 6.45) is 0.334. The molecule has 0 aliphatic rings. The number of para-hydroxylation sites is 1. The summed E-state index contributed by atoms with van der Waals surface area (Å²) >= 11 is 0. The highest BCUT2D eigenvalue weighted by Gasteiger charge is 2.19. The molecule has 0 aliphatic heterocycles. The molecule has 0 heterocycles. The van der Waals surface area contributed by atoms with E-state index in [9.17, 15) is 4.79 Å². The summed E-state index contributed by atoms with van der Waals surface area (Å²) in [5.41, 5.74) is 7.52. The third-order valence-corrected chi connectivity index (χ3v) is 2.94. The van der Waals surface area contributed by atoms with Crippen LogP contribution in [0.5, 0.6) is 0 Å². The van der Waals surface area contributed by atoms with Crippen molar-refractivity contribution in [2.75, 3.05) is 44.0 Å². The minimum atomic E-state index is -0.417. The second-order valence-electron chi connectivity index (χ2n) is 4.35. The van der Waals surface area contributed by atoms with Crippen molar-refractivity contribution in [3.8, 4) is 6.07 Å². The number of carbonyl (C=O) groups excluding carboxylic acids is 1. The van der Waals surface area contributed by atoms with Gasteiger partial charge in [-0.15, -0.1) is 0 Å². The maximum absolute atomic E-state index is 12.1. The number of hydrogen-bond donors (Lipinski definition) is 1. The lowest BCUT2D eigenvalue weighted by molar-refractivity contribution is 0.0527. The summed E-state index contributed by atoms with van der Waals surface area (Å²) in [7, 11) is 1.60. The van der Waals surface area contributed by atoms with E-state index in [-0.39, 0.29) is 0 Å². The molecule has 21 heavy (non-hydrogen) atoms. The third kappa shape index (κ3) is 4.65. The second-order valence-corrected chi connectivity index (χ2v) is 4.35. The zero-order chi connectivity index (χ0) is 15.7. The summed E-state index contributed by atoms with van der Waals surface area (Å²) in [5.74, 6) is -0.417. The molecule has 0 unspecified atom stereocenters. The molecule has 6 heteroatoms. The molecule has 1 rings (SSSR count). The number of methoxy groups -OCH3 is 1. The molecule has 2 N–H and O–H groups in total. The Kier molecular flexibility index (Phi) is 7.05. The molecule has 0 aliphatic carbocycles. The van der Waals surface area contributed by atoms with Crippen LogP contribution in [0, 0.1) is 11.3 Å². The summed E-state index contributed by atoms with van der Waals surface area (Å²) in [5, 5.41) is 8.79. The molecule has 0 spiro atoms. The van der Waals surface area contributed by atoms with Crippen molar-refractivity contribution < 1.29 is 14.3 Å². The smallest absolute Gasteiger partial charge is 0.340 e. The second kappa shape index (κ2) is 8.82. The van der Waals surface area contributed by atoms with Gasteiger partial charge in [0.05, 0.1) is 42.6 Å². The van der Waals surface area contributed by atoms with Crippen LogP contribution in [0.1, 0.15) is 23.7 Å². The van der Waals surface area contributed by atoms with Crippen LogP contribution in [0.25, 0.3) is 0 Å². The Bertz CT molecular complexity index is 511. The van der Waals surface area contributed by atoms with Gasteiger partial charge in [0.2, 0.25) is 0 Å². The normalized spacial score (nSPS) is 9.95. The lowest BCUT2D eigenvalue weighted by Crippen LogP contribution is -2.30. The van der Waals surface area contributed by atoms with Crippen LogP contribution >= 0.6 is 0 Å². The first-order valence-electron chi connectivity index (χ1n) is 6.82. The average molecular weight is 291 g/mol. The summed E-state index contributed by atoms with van der Waals surface area (Å²) in [6.45, 7) is 3.53. The van der Waals surface area contributed by atoms with Gasteiger partial charge in [-0.2, -0.15) is 5.26 Å². The van der Waals surface area contributed by atoms with Crippen LogP contribution in [-0.2, 0) is 9.47 Å². The van der Waals surface area contributed by atoms with Crippen molar-refractivity contribution in [1.29, 1.82) is 5.26 Å². The molecule has 0 bridgehead atoms. The van der Waals surface area contributed by atoms with Gasteiger partial charge in [-0.1, -0.05) is 6.07 Å². The predicted molar refractivity (Wildman–Crippen MR) is 81.1 cm³/mol. The Morgan fingerprint density at radius 2 is 2.19 bits per heavy atom. The van der Waals surface area contributed by atoms with Crippen LogP contribution in [0.15, 0.2) is 18.2 Å². The lowest BCUT2D eigenvalue weighted by Gasteiger charge is -2.26. The van der Waals surface area contributed by atoms with Crippen molar-refractivity contribution >= 4 is 17.3 Å². The molecular formula is C15H21N3O3. The summed E-state index contributed by atoms with van der Waals surface area (Å²) < 4.78 is 10.1. The Labute approximate surface area is 125 Å². The monoisotopic (exact) mass is 291 g/mol. The first-order chi connectivity index (χ1) is 10.2. The van der Waals surface area contributed by atoms with Gasteiger partial charge in [0, 0.05) is 20.2 Å². The van der Waals surface area contributed by atoms with E-state index in [0.29, 0.717) is 49.7 Å². The zero-order valence-electron chi connectivity index (χ0n) is 12.5. The van der Waals surface area contributed by atoms with Gasteiger partial charge >= 0.3 is 5.97 Å². The fraction of sp³-hybridized carbons (Fsp3) is 0.467. The molecule has 1 aromatic carbocycles. The Balaban J connectivity index is 3.15. The molecular weight excluding hydrogens is 270 g/mol. The lowest BCUT2D eigenvalue weighted by atomic mass is 10.1. The fourth-order valence-electron chi connectivity index (χ4n) is 2.01. The van der Waals surface area contributed by atoms with Crippen molar-refractivity contribution in [3.63, 3.8) is 0 Å². The quantitative estimate of drug-likeness (QED) is 0.580. The maximum Gasteiger partial charge on any atom is 0.340 e. The van der Waals surface area contributed by atoms with Gasteiger partial charge in [-0.25, -0.2) is 4.79 Å². The predicted octanol–water partition coefficient (Wildman–Crippen LogP) is 1.81. The number of carbonyl (C=O) groups is 1. The van der Waals surface area contributed by atoms with Gasteiger partial charge in [0.15, 0.2) is 0 Å². The van der Waals surface area contributed by atoms with E-state index in [1.165, 1.54) is 0 Å². The van der Waals surface area contributed by atoms with E-state index in [1.807, 2.05) is 4.90 Å². The SMILES string of the molecule is CCOC(=O)c1cccc(N)c1N(CCC#N)CCOC. The highest BCUT2D eigenvalue weighted by molar-refractivity contribution is 5.99. The number of esters is 1. The number of nitriles is 1. The molecule has 0 saturated heterocycles.